The number of nitrogens with zero attached hydrogens (tertiary/aromatic N) is 1. The summed E-state index contributed by atoms with van der Waals surface area (Å²) in [6.07, 6.45) is 2.27. The minimum absolute atomic E-state index is 0.0841. The third kappa shape index (κ3) is 1.72. The molecule has 1 fully saturated rings. The Balaban J connectivity index is 2.40. The van der Waals surface area contributed by atoms with Crippen molar-refractivity contribution >= 4 is 35.4 Å². The van der Waals surface area contributed by atoms with Gasteiger partial charge in [-0.1, -0.05) is 0 Å². The summed E-state index contributed by atoms with van der Waals surface area (Å²) in [5.74, 6) is -0.634. The zero-order chi connectivity index (χ0) is 11.9. The van der Waals surface area contributed by atoms with Crippen molar-refractivity contribution in [2.75, 3.05) is 12.0 Å². The first-order valence-electron chi connectivity index (χ1n) is 4.74. The highest BCUT2D eigenvalue weighted by molar-refractivity contribution is 8.01. The van der Waals surface area contributed by atoms with E-state index in [1.807, 2.05) is 6.26 Å². The second-order valence-electron chi connectivity index (χ2n) is 3.59. The van der Waals surface area contributed by atoms with E-state index in [2.05, 4.69) is 0 Å². The lowest BCUT2D eigenvalue weighted by Crippen LogP contribution is -2.56. The maximum absolute atomic E-state index is 11.4. The van der Waals surface area contributed by atoms with E-state index in [-0.39, 0.29) is 22.4 Å². The Bertz CT molecular complexity index is 383. The highest BCUT2D eigenvalue weighted by Gasteiger charge is 2.47. The molecule has 1 unspecified atom stereocenters. The average molecular weight is 260 g/mol. The molecular weight excluding hydrogens is 248 g/mol. The number of aliphatic carboxylic acids is 1. The molecule has 0 spiro atoms. The fourth-order valence-corrected chi connectivity index (χ4v) is 3.87. The summed E-state index contributed by atoms with van der Waals surface area (Å²) in [6, 6.07) is 0. The summed E-state index contributed by atoms with van der Waals surface area (Å²) in [7, 11) is 0. The summed E-state index contributed by atoms with van der Waals surface area (Å²) in [4.78, 5) is 24.0. The molecule has 0 bridgehead atoms. The maximum Gasteiger partial charge on any atom is 0.352 e. The average Bonchev–Trinajstić information content (AvgIpc) is 2.20. The van der Waals surface area contributed by atoms with E-state index in [0.29, 0.717) is 17.7 Å². The van der Waals surface area contributed by atoms with Gasteiger partial charge in [0.2, 0.25) is 5.91 Å². The Labute approximate surface area is 101 Å². The van der Waals surface area contributed by atoms with Gasteiger partial charge in [0.15, 0.2) is 0 Å². The van der Waals surface area contributed by atoms with Crippen molar-refractivity contribution < 1.29 is 14.7 Å². The number of thioether (sulfide) groups is 2. The Morgan fingerprint density at radius 3 is 2.94 bits per heavy atom. The third-order valence-electron chi connectivity index (χ3n) is 2.60. The minimum Gasteiger partial charge on any atom is -0.477 e. The van der Waals surface area contributed by atoms with Crippen molar-refractivity contribution in [1.29, 1.82) is 0 Å². The molecule has 0 aromatic rings. The van der Waals surface area contributed by atoms with Gasteiger partial charge < -0.3 is 10.8 Å². The topological polar surface area (TPSA) is 83.6 Å². The molecule has 2 aliphatic heterocycles. The predicted molar refractivity (Wildman–Crippen MR) is 63.9 cm³/mol. The highest BCUT2D eigenvalue weighted by atomic mass is 32.2. The lowest BCUT2D eigenvalue weighted by molar-refractivity contribution is -0.146. The zero-order valence-electron chi connectivity index (χ0n) is 8.67. The van der Waals surface area contributed by atoms with E-state index in [9.17, 15) is 9.59 Å². The molecule has 2 rings (SSSR count). The number of rotatable bonds is 3. The number of carboxylic acids is 1. The van der Waals surface area contributed by atoms with Gasteiger partial charge in [0, 0.05) is 5.75 Å². The van der Waals surface area contributed by atoms with Crippen molar-refractivity contribution in [2.24, 2.45) is 5.73 Å². The first kappa shape index (κ1) is 11.8. The monoisotopic (exact) mass is 260 g/mol. The molecular formula is C9H12N2O3S2. The van der Waals surface area contributed by atoms with Crippen LogP contribution in [0.1, 0.15) is 6.42 Å². The Morgan fingerprint density at radius 1 is 1.75 bits per heavy atom. The summed E-state index contributed by atoms with van der Waals surface area (Å²) < 4.78 is 0. The molecule has 1 saturated heterocycles. The lowest BCUT2D eigenvalue weighted by atomic mass is 10.1. The Kier molecular flexibility index (Phi) is 3.18. The maximum atomic E-state index is 11.4. The van der Waals surface area contributed by atoms with Crippen LogP contribution < -0.4 is 5.73 Å². The molecule has 0 aromatic carbocycles. The van der Waals surface area contributed by atoms with Crippen LogP contribution in [0.2, 0.25) is 0 Å². The molecule has 2 heterocycles. The summed E-state index contributed by atoms with van der Waals surface area (Å²) >= 11 is 2.97. The van der Waals surface area contributed by atoms with Gasteiger partial charge in [0.1, 0.15) is 5.70 Å². The Hall–Kier alpha value is -0.660. The number of carbonyl (C=O) groups is 2. The van der Waals surface area contributed by atoms with E-state index in [4.69, 9.17) is 10.8 Å². The normalized spacial score (nSPS) is 28.9. The molecule has 5 nitrogen and oxygen atoms in total. The molecule has 1 amide bonds. The number of amides is 1. The van der Waals surface area contributed by atoms with E-state index in [1.165, 1.54) is 28.4 Å². The second-order valence-corrected chi connectivity index (χ2v) is 5.78. The first-order valence-corrected chi connectivity index (χ1v) is 7.08. The number of carboxylic acid groups (broad SMARTS) is 1. The number of hydrogen-bond acceptors (Lipinski definition) is 5. The van der Waals surface area contributed by atoms with E-state index in [1.54, 1.807) is 0 Å². The van der Waals surface area contributed by atoms with Crippen LogP contribution >= 0.6 is 23.5 Å². The van der Waals surface area contributed by atoms with Crippen LogP contribution in [0.25, 0.3) is 0 Å². The molecule has 2 atom stereocenters. The van der Waals surface area contributed by atoms with Gasteiger partial charge in [-0.3, -0.25) is 9.69 Å². The summed E-state index contributed by atoms with van der Waals surface area (Å²) in [6.45, 7) is 0. The largest absolute Gasteiger partial charge is 0.477 e. The van der Waals surface area contributed by atoms with Crippen LogP contribution in [0.5, 0.6) is 0 Å². The molecule has 0 saturated carbocycles. The molecule has 88 valence electrons. The van der Waals surface area contributed by atoms with Crippen LogP contribution in [0.3, 0.4) is 0 Å². The number of nitrogens with two attached hydrogens (primary N) is 1. The van der Waals surface area contributed by atoms with Crippen LogP contribution in [0.4, 0.5) is 0 Å². The fraction of sp³-hybridized carbons (Fsp3) is 0.556. The van der Waals surface area contributed by atoms with Crippen molar-refractivity contribution in [1.82, 2.24) is 4.90 Å². The van der Waals surface area contributed by atoms with Gasteiger partial charge in [-0.2, -0.15) is 11.8 Å². The van der Waals surface area contributed by atoms with Crippen LogP contribution in [-0.4, -0.2) is 44.6 Å². The molecule has 7 heteroatoms. The van der Waals surface area contributed by atoms with Crippen LogP contribution in [0.15, 0.2) is 11.3 Å². The second kappa shape index (κ2) is 4.31. The van der Waals surface area contributed by atoms with E-state index < -0.39 is 5.97 Å². The fourth-order valence-electron chi connectivity index (χ4n) is 1.85. The SMILES string of the molecule is CSCC1=C(C(=O)O)N2C(=O)C[C@H]2SC1N. The summed E-state index contributed by atoms with van der Waals surface area (Å²) in [5.41, 5.74) is 6.66. The number of β-lactam (4-membered cyclic amide) rings is 1. The smallest absolute Gasteiger partial charge is 0.352 e. The Morgan fingerprint density at radius 2 is 2.44 bits per heavy atom. The van der Waals surface area contributed by atoms with Gasteiger partial charge >= 0.3 is 5.97 Å². The van der Waals surface area contributed by atoms with Crippen molar-refractivity contribution in [2.45, 2.75) is 17.2 Å². The number of hydrogen-bond donors (Lipinski definition) is 2. The predicted octanol–water partition coefficient (Wildman–Crippen LogP) is 0.278. The standard InChI is InChI=1S/C9H12N2O3S2/c1-15-3-4-7(9(13)14)11-5(12)2-6(11)16-8(4)10/h6,8H,2-3,10H2,1H3,(H,13,14)/t6-,8?/m1/s1. The molecule has 2 aliphatic rings. The third-order valence-corrected chi connectivity index (χ3v) is 4.47. The first-order chi connectivity index (χ1) is 7.56. The molecule has 0 aliphatic carbocycles. The molecule has 0 radical (unpaired) electrons. The van der Waals surface area contributed by atoms with E-state index >= 15 is 0 Å². The van der Waals surface area contributed by atoms with Gasteiger partial charge in [0.25, 0.3) is 0 Å². The van der Waals surface area contributed by atoms with Gasteiger partial charge in [-0.05, 0) is 11.8 Å². The van der Waals surface area contributed by atoms with Gasteiger partial charge in [0.05, 0.1) is 17.2 Å². The van der Waals surface area contributed by atoms with E-state index in [0.717, 1.165) is 0 Å². The van der Waals surface area contributed by atoms with Gasteiger partial charge in [-0.25, -0.2) is 4.79 Å². The van der Waals surface area contributed by atoms with Crippen LogP contribution in [0, 0.1) is 0 Å². The van der Waals surface area contributed by atoms with Crippen LogP contribution in [-0.2, 0) is 9.59 Å². The lowest BCUT2D eigenvalue weighted by Gasteiger charge is -2.45. The molecule has 3 N–H and O–H groups in total. The highest BCUT2D eigenvalue weighted by Crippen LogP contribution is 2.42. The number of carbonyl (C=O) groups excluding carboxylic acids is 1. The van der Waals surface area contributed by atoms with Crippen molar-refractivity contribution in [3.63, 3.8) is 0 Å². The zero-order valence-corrected chi connectivity index (χ0v) is 10.3. The minimum atomic E-state index is -1.06. The molecule has 0 aromatic heterocycles. The summed E-state index contributed by atoms with van der Waals surface area (Å²) in [5, 5.41) is 8.77. The molecule has 16 heavy (non-hydrogen) atoms. The van der Waals surface area contributed by atoms with Crippen molar-refractivity contribution in [3.8, 4) is 0 Å². The van der Waals surface area contributed by atoms with Gasteiger partial charge in [-0.15, -0.1) is 11.8 Å². The number of fused-ring (bicyclic) bond motifs is 1. The quantitative estimate of drug-likeness (QED) is 0.709. The van der Waals surface area contributed by atoms with Crippen molar-refractivity contribution in [3.05, 3.63) is 11.3 Å².